The maximum atomic E-state index is 13.2. The highest BCUT2D eigenvalue weighted by atomic mass is 19.1. The molecule has 13 heavy (non-hydrogen) atoms. The van der Waals surface area contributed by atoms with E-state index in [-0.39, 0.29) is 5.82 Å². The number of H-pyrrole nitrogens is 1. The van der Waals surface area contributed by atoms with Crippen molar-refractivity contribution in [1.29, 1.82) is 0 Å². The van der Waals surface area contributed by atoms with Gasteiger partial charge in [-0.05, 0) is 13.0 Å². The molecule has 0 saturated carbocycles. The minimum absolute atomic E-state index is 0.364. The predicted molar refractivity (Wildman–Crippen MR) is 46.5 cm³/mol. The number of halogens is 1. The van der Waals surface area contributed by atoms with Gasteiger partial charge >= 0.3 is 0 Å². The lowest BCUT2D eigenvalue weighted by Crippen LogP contribution is -1.87. The molecule has 2 rings (SSSR count). The topological polar surface area (TPSA) is 41.6 Å². The third kappa shape index (κ3) is 1.42. The van der Waals surface area contributed by atoms with Crippen LogP contribution in [0.1, 0.15) is 5.69 Å². The molecule has 0 atom stereocenters. The number of rotatable bonds is 1. The Morgan fingerprint density at radius 3 is 2.85 bits per heavy atom. The number of nitrogens with zero attached hydrogens (tertiary/aromatic N) is 2. The van der Waals surface area contributed by atoms with Crippen LogP contribution in [0.15, 0.2) is 24.7 Å². The Morgan fingerprint density at radius 1 is 1.38 bits per heavy atom. The second-order valence-electron chi connectivity index (χ2n) is 2.77. The summed E-state index contributed by atoms with van der Waals surface area (Å²) in [4.78, 5) is 10.6. The second kappa shape index (κ2) is 2.97. The maximum absolute atomic E-state index is 13.2. The smallest absolute Gasteiger partial charge is 0.152 e. The van der Waals surface area contributed by atoms with Gasteiger partial charge in [-0.3, -0.25) is 4.98 Å². The van der Waals surface area contributed by atoms with E-state index in [1.807, 2.05) is 6.92 Å². The van der Waals surface area contributed by atoms with Crippen LogP contribution in [0, 0.1) is 12.7 Å². The number of nitrogens with one attached hydrogen (secondary N) is 1. The molecular formula is C9H8FN3. The second-order valence-corrected chi connectivity index (χ2v) is 2.77. The monoisotopic (exact) mass is 177 g/mol. The molecule has 66 valence electrons. The number of aromatic amines is 1. The van der Waals surface area contributed by atoms with Crippen LogP contribution < -0.4 is 0 Å². The Balaban J connectivity index is 2.52. The SMILES string of the molecule is Cc1cnc(-c2ccncc2F)[nH]1. The van der Waals surface area contributed by atoms with Crippen molar-refractivity contribution in [3.8, 4) is 11.4 Å². The molecule has 2 aromatic heterocycles. The first-order valence-electron chi connectivity index (χ1n) is 3.89. The van der Waals surface area contributed by atoms with Gasteiger partial charge in [0, 0.05) is 18.1 Å². The van der Waals surface area contributed by atoms with Crippen molar-refractivity contribution < 1.29 is 4.39 Å². The normalized spacial score (nSPS) is 10.3. The van der Waals surface area contributed by atoms with E-state index in [1.54, 1.807) is 12.3 Å². The summed E-state index contributed by atoms with van der Waals surface area (Å²) >= 11 is 0. The van der Waals surface area contributed by atoms with Gasteiger partial charge in [0.25, 0.3) is 0 Å². The van der Waals surface area contributed by atoms with Gasteiger partial charge in [-0.15, -0.1) is 0 Å². The molecule has 0 aliphatic rings. The summed E-state index contributed by atoms with van der Waals surface area (Å²) in [6.45, 7) is 1.87. The number of aromatic nitrogens is 3. The molecule has 4 heteroatoms. The molecule has 0 amide bonds. The zero-order valence-electron chi connectivity index (χ0n) is 7.08. The molecule has 0 radical (unpaired) electrons. The van der Waals surface area contributed by atoms with Gasteiger partial charge in [0.2, 0.25) is 0 Å². The molecule has 0 bridgehead atoms. The van der Waals surface area contributed by atoms with E-state index in [1.165, 1.54) is 12.4 Å². The molecule has 3 nitrogen and oxygen atoms in total. The summed E-state index contributed by atoms with van der Waals surface area (Å²) in [6, 6.07) is 1.59. The fourth-order valence-electron chi connectivity index (χ4n) is 1.12. The predicted octanol–water partition coefficient (Wildman–Crippen LogP) is 1.92. The largest absolute Gasteiger partial charge is 0.342 e. The number of hydrogen-bond acceptors (Lipinski definition) is 2. The van der Waals surface area contributed by atoms with Crippen molar-refractivity contribution in [2.45, 2.75) is 6.92 Å². The van der Waals surface area contributed by atoms with Crippen LogP contribution in [-0.2, 0) is 0 Å². The first-order valence-corrected chi connectivity index (χ1v) is 3.89. The Kier molecular flexibility index (Phi) is 1.81. The highest BCUT2D eigenvalue weighted by Crippen LogP contribution is 2.17. The molecule has 0 aromatic carbocycles. The molecule has 0 spiro atoms. The zero-order chi connectivity index (χ0) is 9.26. The summed E-state index contributed by atoms with van der Waals surface area (Å²) < 4.78 is 13.2. The first kappa shape index (κ1) is 7.91. The zero-order valence-corrected chi connectivity index (χ0v) is 7.08. The quantitative estimate of drug-likeness (QED) is 0.723. The van der Waals surface area contributed by atoms with Crippen molar-refractivity contribution in [2.24, 2.45) is 0 Å². The van der Waals surface area contributed by atoms with Gasteiger partial charge in [0.1, 0.15) is 5.82 Å². The summed E-state index contributed by atoms with van der Waals surface area (Å²) in [7, 11) is 0. The lowest BCUT2D eigenvalue weighted by molar-refractivity contribution is 0.624. The van der Waals surface area contributed by atoms with Gasteiger partial charge < -0.3 is 4.98 Å². The lowest BCUT2D eigenvalue weighted by Gasteiger charge is -1.96. The number of imidazole rings is 1. The summed E-state index contributed by atoms with van der Waals surface area (Å²) in [5.41, 5.74) is 1.36. The lowest BCUT2D eigenvalue weighted by atomic mass is 10.2. The van der Waals surface area contributed by atoms with E-state index in [0.717, 1.165) is 5.69 Å². The van der Waals surface area contributed by atoms with Crippen molar-refractivity contribution in [2.75, 3.05) is 0 Å². The number of pyridine rings is 1. The number of aryl methyl sites for hydroxylation is 1. The van der Waals surface area contributed by atoms with Crippen LogP contribution in [0.25, 0.3) is 11.4 Å². The summed E-state index contributed by atoms with van der Waals surface area (Å²) in [5, 5.41) is 0. The third-order valence-electron chi connectivity index (χ3n) is 1.73. The van der Waals surface area contributed by atoms with E-state index < -0.39 is 0 Å². The molecule has 2 heterocycles. The van der Waals surface area contributed by atoms with E-state index in [2.05, 4.69) is 15.0 Å². The van der Waals surface area contributed by atoms with Crippen LogP contribution >= 0.6 is 0 Å². The van der Waals surface area contributed by atoms with Crippen molar-refractivity contribution >= 4 is 0 Å². The van der Waals surface area contributed by atoms with Gasteiger partial charge in [-0.25, -0.2) is 9.37 Å². The van der Waals surface area contributed by atoms with E-state index in [9.17, 15) is 4.39 Å². The van der Waals surface area contributed by atoms with E-state index >= 15 is 0 Å². The molecule has 2 aromatic rings. The average Bonchev–Trinajstić information content (AvgIpc) is 2.53. The van der Waals surface area contributed by atoms with E-state index in [0.29, 0.717) is 11.4 Å². The minimum atomic E-state index is -0.364. The standard InChI is InChI=1S/C9H8FN3/c1-6-4-12-9(13-6)7-2-3-11-5-8(7)10/h2-5H,1H3,(H,12,13). The molecule has 0 aliphatic heterocycles. The average molecular weight is 177 g/mol. The fourth-order valence-corrected chi connectivity index (χ4v) is 1.12. The Labute approximate surface area is 74.7 Å². The third-order valence-corrected chi connectivity index (χ3v) is 1.73. The van der Waals surface area contributed by atoms with Crippen molar-refractivity contribution in [1.82, 2.24) is 15.0 Å². The highest BCUT2D eigenvalue weighted by Gasteiger charge is 2.06. The van der Waals surface area contributed by atoms with Crippen molar-refractivity contribution in [3.05, 3.63) is 36.2 Å². The van der Waals surface area contributed by atoms with Crippen LogP contribution in [0.4, 0.5) is 4.39 Å². The fraction of sp³-hybridized carbons (Fsp3) is 0.111. The molecule has 0 saturated heterocycles. The van der Waals surface area contributed by atoms with Gasteiger partial charge in [-0.2, -0.15) is 0 Å². The Hall–Kier alpha value is -1.71. The van der Waals surface area contributed by atoms with E-state index in [4.69, 9.17) is 0 Å². The minimum Gasteiger partial charge on any atom is -0.342 e. The molecule has 0 unspecified atom stereocenters. The molecular weight excluding hydrogens is 169 g/mol. The number of hydrogen-bond donors (Lipinski definition) is 1. The van der Waals surface area contributed by atoms with Gasteiger partial charge in [0.05, 0.1) is 11.8 Å². The highest BCUT2D eigenvalue weighted by molar-refractivity contribution is 5.54. The molecule has 0 aliphatic carbocycles. The Morgan fingerprint density at radius 2 is 2.23 bits per heavy atom. The van der Waals surface area contributed by atoms with Gasteiger partial charge in [0.15, 0.2) is 5.82 Å². The van der Waals surface area contributed by atoms with Crippen LogP contribution in [-0.4, -0.2) is 15.0 Å². The van der Waals surface area contributed by atoms with Crippen LogP contribution in [0.3, 0.4) is 0 Å². The molecule has 0 fully saturated rings. The van der Waals surface area contributed by atoms with Crippen LogP contribution in [0.2, 0.25) is 0 Å². The molecule has 1 N–H and O–H groups in total. The van der Waals surface area contributed by atoms with Crippen molar-refractivity contribution in [3.63, 3.8) is 0 Å². The Bertz CT molecular complexity index is 422. The maximum Gasteiger partial charge on any atom is 0.152 e. The summed E-state index contributed by atoms with van der Waals surface area (Å²) in [6.07, 6.45) is 4.37. The summed E-state index contributed by atoms with van der Waals surface area (Å²) in [5.74, 6) is 0.175. The van der Waals surface area contributed by atoms with Crippen LogP contribution in [0.5, 0.6) is 0 Å². The van der Waals surface area contributed by atoms with Gasteiger partial charge in [-0.1, -0.05) is 0 Å². The first-order chi connectivity index (χ1) is 6.27.